The number of hydrogen-bond acceptors (Lipinski definition) is 2. The smallest absolute Gasteiger partial charge is 0.329 e. The Kier molecular flexibility index (Phi) is 5.18. The summed E-state index contributed by atoms with van der Waals surface area (Å²) in [5.41, 5.74) is 9.39. The van der Waals surface area contributed by atoms with Gasteiger partial charge in [-0.2, -0.15) is 13.2 Å². The molecule has 0 saturated heterocycles. The molecule has 1 aromatic carbocycles. The van der Waals surface area contributed by atoms with Crippen LogP contribution in [-0.2, 0) is 6.18 Å². The lowest BCUT2D eigenvalue weighted by atomic mass is 10.0. The lowest BCUT2D eigenvalue weighted by Gasteiger charge is -2.13. The topological polar surface area (TPSA) is 52.0 Å². The number of hydrogen-bond donors (Lipinski definition) is 2. The molecule has 0 heterocycles. The van der Waals surface area contributed by atoms with Crippen LogP contribution in [0.15, 0.2) is 18.2 Å². The van der Waals surface area contributed by atoms with E-state index in [9.17, 15) is 17.6 Å². The molecule has 0 bridgehead atoms. The van der Waals surface area contributed by atoms with Crippen LogP contribution in [0.4, 0.5) is 17.6 Å². The van der Waals surface area contributed by atoms with Crippen LogP contribution in [0.3, 0.4) is 0 Å². The number of alkyl halides is 3. The molecule has 1 rings (SSSR count). The first-order valence-electron chi connectivity index (χ1n) is 4.18. The van der Waals surface area contributed by atoms with E-state index in [1.807, 2.05) is 0 Å². The Morgan fingerprint density at radius 2 is 1.81 bits per heavy atom. The summed E-state index contributed by atoms with van der Waals surface area (Å²) in [6.07, 6.45) is -4.50. The summed E-state index contributed by atoms with van der Waals surface area (Å²) < 4.78 is 49.9. The van der Waals surface area contributed by atoms with E-state index in [1.54, 1.807) is 0 Å². The largest absolute Gasteiger partial charge is 0.416 e. The number of nitrogens with two attached hydrogens (primary N) is 2. The van der Waals surface area contributed by atoms with E-state index in [2.05, 4.69) is 0 Å². The number of benzene rings is 1. The fourth-order valence-electron chi connectivity index (χ4n) is 1.13. The van der Waals surface area contributed by atoms with Crippen molar-refractivity contribution < 1.29 is 17.6 Å². The Hall–Kier alpha value is -0.850. The van der Waals surface area contributed by atoms with Gasteiger partial charge in [-0.25, -0.2) is 4.39 Å². The molecule has 0 spiro atoms. The van der Waals surface area contributed by atoms with Crippen molar-refractivity contribution in [3.05, 3.63) is 35.1 Å². The van der Waals surface area contributed by atoms with E-state index in [4.69, 9.17) is 11.5 Å². The van der Waals surface area contributed by atoms with E-state index in [-0.39, 0.29) is 24.5 Å². The first-order valence-corrected chi connectivity index (χ1v) is 4.18. The molecule has 7 heteroatoms. The van der Waals surface area contributed by atoms with Crippen LogP contribution < -0.4 is 11.5 Å². The fraction of sp³-hybridized carbons (Fsp3) is 0.333. The molecule has 0 aliphatic heterocycles. The van der Waals surface area contributed by atoms with Crippen molar-refractivity contribution in [2.45, 2.75) is 12.2 Å². The van der Waals surface area contributed by atoms with Gasteiger partial charge in [-0.1, -0.05) is 0 Å². The summed E-state index contributed by atoms with van der Waals surface area (Å²) in [5, 5.41) is 0. The summed E-state index contributed by atoms with van der Waals surface area (Å²) in [5.74, 6) is -0.777. The second kappa shape index (κ2) is 5.47. The van der Waals surface area contributed by atoms with Crippen LogP contribution >= 0.6 is 12.4 Å². The van der Waals surface area contributed by atoms with Crippen LogP contribution in [0.5, 0.6) is 0 Å². The Bertz CT molecular complexity index is 354. The van der Waals surface area contributed by atoms with Crippen LogP contribution in [0.25, 0.3) is 0 Å². The highest BCUT2D eigenvalue weighted by atomic mass is 35.5. The first-order chi connectivity index (χ1) is 6.86. The Morgan fingerprint density at radius 1 is 1.25 bits per heavy atom. The van der Waals surface area contributed by atoms with Crippen molar-refractivity contribution >= 4 is 12.4 Å². The molecule has 16 heavy (non-hydrogen) atoms. The Balaban J connectivity index is 0.00000225. The van der Waals surface area contributed by atoms with Crippen LogP contribution in [0.2, 0.25) is 0 Å². The monoisotopic (exact) mass is 258 g/mol. The molecular weight excluding hydrogens is 248 g/mol. The highest BCUT2D eigenvalue weighted by molar-refractivity contribution is 5.85. The van der Waals surface area contributed by atoms with Crippen molar-refractivity contribution in [2.75, 3.05) is 6.54 Å². The van der Waals surface area contributed by atoms with Gasteiger partial charge in [0.1, 0.15) is 5.82 Å². The van der Waals surface area contributed by atoms with E-state index in [0.29, 0.717) is 12.1 Å². The van der Waals surface area contributed by atoms with Gasteiger partial charge in [-0.3, -0.25) is 0 Å². The molecule has 1 aromatic rings. The van der Waals surface area contributed by atoms with Gasteiger partial charge in [0.15, 0.2) is 0 Å². The minimum atomic E-state index is -4.50. The molecule has 0 saturated carbocycles. The molecule has 0 amide bonds. The highest BCUT2D eigenvalue weighted by Gasteiger charge is 2.31. The van der Waals surface area contributed by atoms with Crippen molar-refractivity contribution in [3.63, 3.8) is 0 Å². The normalized spacial score (nSPS) is 13.1. The third kappa shape index (κ3) is 3.33. The zero-order chi connectivity index (χ0) is 11.6. The second-order valence-corrected chi connectivity index (χ2v) is 3.08. The maximum atomic E-state index is 13.1. The Morgan fingerprint density at radius 3 is 2.25 bits per heavy atom. The SMILES string of the molecule is Cl.NC[C@H](N)c1cc(C(F)(F)F)ccc1F. The molecule has 0 aliphatic carbocycles. The predicted octanol–water partition coefficient (Wildman–Crippen LogP) is 2.22. The van der Waals surface area contributed by atoms with Crippen molar-refractivity contribution in [2.24, 2.45) is 11.5 Å². The minimum Gasteiger partial charge on any atom is -0.329 e. The number of halogens is 5. The third-order valence-corrected chi connectivity index (χ3v) is 1.98. The summed E-state index contributed by atoms with van der Waals surface area (Å²) in [7, 11) is 0. The lowest BCUT2D eigenvalue weighted by Crippen LogP contribution is -2.22. The lowest BCUT2D eigenvalue weighted by molar-refractivity contribution is -0.137. The molecule has 2 nitrogen and oxygen atoms in total. The van der Waals surface area contributed by atoms with Gasteiger partial charge >= 0.3 is 6.18 Å². The average molecular weight is 259 g/mol. The molecule has 0 fully saturated rings. The van der Waals surface area contributed by atoms with Crippen molar-refractivity contribution in [1.82, 2.24) is 0 Å². The third-order valence-electron chi connectivity index (χ3n) is 1.98. The van der Waals surface area contributed by atoms with Gasteiger partial charge in [0.05, 0.1) is 5.56 Å². The quantitative estimate of drug-likeness (QED) is 0.799. The van der Waals surface area contributed by atoms with Crippen LogP contribution in [-0.4, -0.2) is 6.54 Å². The summed E-state index contributed by atoms with van der Waals surface area (Å²) in [4.78, 5) is 0. The maximum absolute atomic E-state index is 13.1. The zero-order valence-corrected chi connectivity index (χ0v) is 8.91. The molecular formula is C9H11ClF4N2. The van der Waals surface area contributed by atoms with Gasteiger partial charge in [0.25, 0.3) is 0 Å². The zero-order valence-electron chi connectivity index (χ0n) is 8.09. The van der Waals surface area contributed by atoms with Gasteiger partial charge in [0.2, 0.25) is 0 Å². The summed E-state index contributed by atoms with van der Waals surface area (Å²) in [6.45, 7) is -0.113. The van der Waals surface area contributed by atoms with Crippen molar-refractivity contribution in [1.29, 1.82) is 0 Å². The van der Waals surface area contributed by atoms with Gasteiger partial charge in [0, 0.05) is 18.2 Å². The molecule has 0 radical (unpaired) electrons. The first kappa shape index (κ1) is 15.2. The van der Waals surface area contributed by atoms with Crippen molar-refractivity contribution in [3.8, 4) is 0 Å². The highest BCUT2D eigenvalue weighted by Crippen LogP contribution is 2.31. The minimum absolute atomic E-state index is 0. The van der Waals surface area contributed by atoms with Gasteiger partial charge in [-0.05, 0) is 18.2 Å². The molecule has 0 aromatic heterocycles. The van der Waals surface area contributed by atoms with E-state index >= 15 is 0 Å². The van der Waals surface area contributed by atoms with E-state index in [1.165, 1.54) is 0 Å². The average Bonchev–Trinajstić information content (AvgIpc) is 2.15. The van der Waals surface area contributed by atoms with E-state index in [0.717, 1.165) is 6.07 Å². The summed E-state index contributed by atoms with van der Waals surface area (Å²) in [6, 6.07) is 1.18. The molecule has 0 aliphatic rings. The summed E-state index contributed by atoms with van der Waals surface area (Å²) >= 11 is 0. The molecule has 92 valence electrons. The molecule has 1 atom stereocenters. The molecule has 4 N–H and O–H groups in total. The van der Waals surface area contributed by atoms with Crippen LogP contribution in [0.1, 0.15) is 17.2 Å². The van der Waals surface area contributed by atoms with Crippen LogP contribution in [0, 0.1) is 5.82 Å². The maximum Gasteiger partial charge on any atom is 0.416 e. The van der Waals surface area contributed by atoms with Gasteiger partial charge in [-0.15, -0.1) is 12.4 Å². The second-order valence-electron chi connectivity index (χ2n) is 3.08. The van der Waals surface area contributed by atoms with E-state index < -0.39 is 23.6 Å². The predicted molar refractivity (Wildman–Crippen MR) is 54.6 cm³/mol. The standard InChI is InChI=1S/C9H10F4N2.ClH/c10-7-2-1-5(9(11,12)13)3-6(7)8(15)4-14;/h1-3,8H,4,14-15H2;1H/t8-;/m0./s1. The molecule has 0 unspecified atom stereocenters. The fourth-order valence-corrected chi connectivity index (χ4v) is 1.13. The number of rotatable bonds is 2. The Labute approximate surface area is 96.0 Å². The van der Waals surface area contributed by atoms with Gasteiger partial charge < -0.3 is 11.5 Å².